The Balaban J connectivity index is 1.57. The SMILES string of the molecule is CCOC(=O)Cn1nnnc1CN(CCN1CCOCC1)Cc1cc2c(C)ccc(C)c2[nH]c1=O. The van der Waals surface area contributed by atoms with Crippen LogP contribution in [0.25, 0.3) is 10.9 Å². The number of ether oxygens (including phenoxy) is 2. The van der Waals surface area contributed by atoms with E-state index in [0.29, 0.717) is 37.6 Å². The van der Waals surface area contributed by atoms with Crippen LogP contribution in [0.1, 0.15) is 29.4 Å². The number of aryl methyl sites for hydroxylation is 2. The fourth-order valence-electron chi connectivity index (χ4n) is 4.29. The molecular formula is C24H33N7O4. The first kappa shape index (κ1) is 25.0. The predicted octanol–water partition coefficient (Wildman–Crippen LogP) is 1.03. The number of tetrazole rings is 1. The van der Waals surface area contributed by atoms with Crippen LogP contribution < -0.4 is 5.56 Å². The zero-order valence-corrected chi connectivity index (χ0v) is 20.6. The van der Waals surface area contributed by atoms with E-state index in [1.165, 1.54) is 4.68 Å². The number of aromatic nitrogens is 5. The molecule has 4 rings (SSSR count). The van der Waals surface area contributed by atoms with Crippen molar-refractivity contribution < 1.29 is 14.3 Å². The summed E-state index contributed by atoms with van der Waals surface area (Å²) in [7, 11) is 0. The number of carbonyl (C=O) groups is 1. The van der Waals surface area contributed by atoms with E-state index < -0.39 is 5.97 Å². The number of pyridine rings is 1. The van der Waals surface area contributed by atoms with Gasteiger partial charge in [0.25, 0.3) is 5.56 Å². The second-order valence-corrected chi connectivity index (χ2v) is 8.83. The molecule has 1 aliphatic rings. The zero-order chi connectivity index (χ0) is 24.8. The van der Waals surface area contributed by atoms with Crippen LogP contribution in [0.3, 0.4) is 0 Å². The highest BCUT2D eigenvalue weighted by atomic mass is 16.5. The van der Waals surface area contributed by atoms with Crippen molar-refractivity contribution in [2.45, 2.75) is 40.4 Å². The topological polar surface area (TPSA) is 118 Å². The molecule has 0 saturated carbocycles. The van der Waals surface area contributed by atoms with E-state index in [-0.39, 0.29) is 12.1 Å². The maximum atomic E-state index is 13.0. The molecule has 188 valence electrons. The molecule has 0 spiro atoms. The first-order valence-electron chi connectivity index (χ1n) is 12.0. The average molecular weight is 484 g/mol. The number of nitrogens with one attached hydrogen (secondary N) is 1. The minimum Gasteiger partial charge on any atom is -0.465 e. The number of hydrogen-bond acceptors (Lipinski definition) is 9. The van der Waals surface area contributed by atoms with Crippen molar-refractivity contribution in [3.05, 3.63) is 51.1 Å². The smallest absolute Gasteiger partial charge is 0.327 e. The summed E-state index contributed by atoms with van der Waals surface area (Å²) in [6.45, 7) is 11.6. The molecule has 0 atom stereocenters. The highest BCUT2D eigenvalue weighted by molar-refractivity contribution is 5.85. The largest absolute Gasteiger partial charge is 0.465 e. The van der Waals surface area contributed by atoms with Crippen LogP contribution in [0.15, 0.2) is 23.0 Å². The molecule has 2 aromatic heterocycles. The summed E-state index contributed by atoms with van der Waals surface area (Å²) in [5.74, 6) is 0.155. The number of fused-ring (bicyclic) bond motifs is 1. The first-order chi connectivity index (χ1) is 16.9. The highest BCUT2D eigenvalue weighted by Crippen LogP contribution is 2.20. The van der Waals surface area contributed by atoms with Gasteiger partial charge in [-0.15, -0.1) is 5.10 Å². The van der Waals surface area contributed by atoms with Gasteiger partial charge in [-0.3, -0.25) is 19.4 Å². The van der Waals surface area contributed by atoms with Gasteiger partial charge in [0, 0.05) is 43.7 Å². The van der Waals surface area contributed by atoms with Gasteiger partial charge in [0.2, 0.25) is 0 Å². The molecule has 1 fully saturated rings. The summed E-state index contributed by atoms with van der Waals surface area (Å²) in [5, 5.41) is 12.9. The Bertz CT molecular complexity index is 1220. The number of rotatable bonds is 10. The van der Waals surface area contributed by atoms with E-state index >= 15 is 0 Å². The monoisotopic (exact) mass is 483 g/mol. The average Bonchev–Trinajstić information content (AvgIpc) is 3.27. The van der Waals surface area contributed by atoms with Crippen molar-refractivity contribution >= 4 is 16.9 Å². The lowest BCUT2D eigenvalue weighted by Gasteiger charge is -2.29. The number of carbonyl (C=O) groups excluding carboxylic acids is 1. The van der Waals surface area contributed by atoms with Crippen LogP contribution >= 0.6 is 0 Å². The van der Waals surface area contributed by atoms with E-state index in [1.54, 1.807) is 6.92 Å². The quantitative estimate of drug-likeness (QED) is 0.422. The number of hydrogen-bond donors (Lipinski definition) is 1. The van der Waals surface area contributed by atoms with Crippen molar-refractivity contribution in [1.82, 2.24) is 35.0 Å². The minimum absolute atomic E-state index is 0.0531. The van der Waals surface area contributed by atoms with Gasteiger partial charge in [-0.05, 0) is 48.4 Å². The van der Waals surface area contributed by atoms with Crippen molar-refractivity contribution in [2.24, 2.45) is 0 Å². The summed E-state index contributed by atoms with van der Waals surface area (Å²) in [4.78, 5) is 32.6. The lowest BCUT2D eigenvalue weighted by molar-refractivity contribution is -0.144. The van der Waals surface area contributed by atoms with E-state index in [2.05, 4.69) is 36.4 Å². The molecule has 0 unspecified atom stereocenters. The van der Waals surface area contributed by atoms with Crippen LogP contribution in [0, 0.1) is 13.8 Å². The Hall–Kier alpha value is -3.15. The molecule has 35 heavy (non-hydrogen) atoms. The molecular weight excluding hydrogens is 450 g/mol. The van der Waals surface area contributed by atoms with Crippen molar-refractivity contribution in [2.75, 3.05) is 46.0 Å². The Labute approximate surface area is 204 Å². The third-order valence-corrected chi connectivity index (χ3v) is 6.31. The van der Waals surface area contributed by atoms with Gasteiger partial charge < -0.3 is 14.5 Å². The van der Waals surface area contributed by atoms with Gasteiger partial charge in [-0.25, -0.2) is 4.68 Å². The normalized spacial score (nSPS) is 14.6. The third-order valence-electron chi connectivity index (χ3n) is 6.31. The number of H-pyrrole nitrogens is 1. The summed E-state index contributed by atoms with van der Waals surface area (Å²) in [5.41, 5.74) is 3.60. The molecule has 0 radical (unpaired) electrons. The molecule has 11 nitrogen and oxygen atoms in total. The fraction of sp³-hybridized carbons (Fsp3) is 0.542. The van der Waals surface area contributed by atoms with Crippen molar-refractivity contribution in [3.8, 4) is 0 Å². The van der Waals surface area contributed by atoms with E-state index in [0.717, 1.165) is 54.9 Å². The maximum absolute atomic E-state index is 13.0. The van der Waals surface area contributed by atoms with Crippen LogP contribution in [0.5, 0.6) is 0 Å². The number of benzene rings is 1. The summed E-state index contributed by atoms with van der Waals surface area (Å²) in [6.07, 6.45) is 0. The maximum Gasteiger partial charge on any atom is 0.327 e. The Morgan fingerprint density at radius 2 is 1.97 bits per heavy atom. The summed E-state index contributed by atoms with van der Waals surface area (Å²) >= 11 is 0. The molecule has 0 amide bonds. The third kappa shape index (κ3) is 6.30. The predicted molar refractivity (Wildman–Crippen MR) is 130 cm³/mol. The van der Waals surface area contributed by atoms with E-state index in [9.17, 15) is 9.59 Å². The lowest BCUT2D eigenvalue weighted by atomic mass is 10.0. The molecule has 11 heteroatoms. The van der Waals surface area contributed by atoms with Gasteiger partial charge in [0.15, 0.2) is 5.82 Å². The van der Waals surface area contributed by atoms with E-state index in [4.69, 9.17) is 9.47 Å². The molecule has 0 aliphatic carbocycles. The zero-order valence-electron chi connectivity index (χ0n) is 20.6. The molecule has 1 aliphatic heterocycles. The Morgan fingerprint density at radius 3 is 2.74 bits per heavy atom. The number of esters is 1. The number of nitrogens with zero attached hydrogens (tertiary/aromatic N) is 6. The van der Waals surface area contributed by atoms with Gasteiger partial charge in [0.05, 0.1) is 31.9 Å². The minimum atomic E-state index is -0.391. The summed E-state index contributed by atoms with van der Waals surface area (Å²) in [6, 6.07) is 6.07. The standard InChI is InChI=1S/C24H33N7O4/c1-4-35-22(32)16-31-21(26-27-28-31)15-30(8-7-29-9-11-34-12-10-29)14-19-13-20-17(2)5-6-18(3)23(20)25-24(19)33/h5-6,13H,4,7-12,14-16H2,1-3H3,(H,25,33). The molecule has 0 bridgehead atoms. The second-order valence-electron chi connectivity index (χ2n) is 8.83. The van der Waals surface area contributed by atoms with Gasteiger partial charge in [-0.2, -0.15) is 0 Å². The van der Waals surface area contributed by atoms with Crippen LogP contribution in [-0.2, 0) is 33.9 Å². The van der Waals surface area contributed by atoms with Crippen molar-refractivity contribution in [1.29, 1.82) is 0 Å². The number of morpholine rings is 1. The second kappa shape index (κ2) is 11.5. The Kier molecular flexibility index (Phi) is 8.21. The van der Waals surface area contributed by atoms with Crippen LogP contribution in [0.2, 0.25) is 0 Å². The molecule has 3 heterocycles. The summed E-state index contributed by atoms with van der Waals surface area (Å²) < 4.78 is 12.0. The van der Waals surface area contributed by atoms with Gasteiger partial charge in [-0.1, -0.05) is 12.1 Å². The van der Waals surface area contributed by atoms with Crippen LogP contribution in [0.4, 0.5) is 0 Å². The lowest BCUT2D eigenvalue weighted by Crippen LogP contribution is -2.41. The van der Waals surface area contributed by atoms with Gasteiger partial charge in [0.1, 0.15) is 6.54 Å². The van der Waals surface area contributed by atoms with Crippen molar-refractivity contribution in [3.63, 3.8) is 0 Å². The van der Waals surface area contributed by atoms with Gasteiger partial charge >= 0.3 is 5.97 Å². The number of aromatic amines is 1. The molecule has 1 saturated heterocycles. The Morgan fingerprint density at radius 1 is 1.20 bits per heavy atom. The first-order valence-corrected chi connectivity index (χ1v) is 12.0. The highest BCUT2D eigenvalue weighted by Gasteiger charge is 2.19. The molecule has 3 aromatic rings. The fourth-order valence-corrected chi connectivity index (χ4v) is 4.29. The van der Waals surface area contributed by atoms with Crippen LogP contribution in [-0.4, -0.2) is 87.0 Å². The molecule has 1 aromatic carbocycles. The van der Waals surface area contributed by atoms with E-state index in [1.807, 2.05) is 26.0 Å². The molecule has 1 N–H and O–H groups in total.